The number of sulfonamides is 1. The summed E-state index contributed by atoms with van der Waals surface area (Å²) < 4.78 is 29.5. The van der Waals surface area contributed by atoms with Crippen molar-refractivity contribution in [2.75, 3.05) is 17.4 Å². The largest absolute Gasteiger partial charge is 0.354 e. The number of hydrogen-bond acceptors (Lipinski definition) is 4. The molecule has 0 bridgehead atoms. The molecule has 1 atom stereocenters. The highest BCUT2D eigenvalue weighted by molar-refractivity contribution is 7.92. The van der Waals surface area contributed by atoms with Gasteiger partial charge in [-0.15, -0.1) is 0 Å². The van der Waals surface area contributed by atoms with Crippen LogP contribution in [0.25, 0.3) is 0 Å². The summed E-state index contributed by atoms with van der Waals surface area (Å²) in [6.45, 7) is 7.64. The third-order valence-corrected chi connectivity index (χ3v) is 9.85. The highest BCUT2D eigenvalue weighted by Gasteiger charge is 2.35. The number of nitrogens with zero attached hydrogens (tertiary/aromatic N) is 2. The van der Waals surface area contributed by atoms with E-state index in [1.807, 2.05) is 70.2 Å². The Morgan fingerprint density at radius 3 is 2.09 bits per heavy atom. The van der Waals surface area contributed by atoms with Crippen molar-refractivity contribution in [3.8, 4) is 0 Å². The molecular formula is C36H40ClN3O4S. The molecule has 4 aromatic rings. The van der Waals surface area contributed by atoms with Gasteiger partial charge in [0, 0.05) is 24.5 Å². The Labute approximate surface area is 271 Å². The van der Waals surface area contributed by atoms with Crippen molar-refractivity contribution in [2.45, 2.75) is 51.6 Å². The molecule has 2 amide bonds. The maximum atomic E-state index is 14.6. The first kappa shape index (κ1) is 33.7. The normalized spacial score (nSPS) is 12.0. The molecule has 0 aliphatic rings. The van der Waals surface area contributed by atoms with E-state index in [0.717, 1.165) is 21.0 Å². The predicted octanol–water partition coefficient (Wildman–Crippen LogP) is 6.56. The van der Waals surface area contributed by atoms with Gasteiger partial charge in [0.2, 0.25) is 11.8 Å². The summed E-state index contributed by atoms with van der Waals surface area (Å²) in [5.41, 5.74) is 3.52. The topological polar surface area (TPSA) is 86.8 Å². The van der Waals surface area contributed by atoms with Crippen LogP contribution >= 0.6 is 11.6 Å². The van der Waals surface area contributed by atoms with Gasteiger partial charge < -0.3 is 10.2 Å². The molecule has 236 valence electrons. The molecule has 4 aromatic carbocycles. The van der Waals surface area contributed by atoms with Crippen LogP contribution in [0.3, 0.4) is 0 Å². The van der Waals surface area contributed by atoms with Gasteiger partial charge in [-0.2, -0.15) is 0 Å². The molecule has 0 aliphatic carbocycles. The van der Waals surface area contributed by atoms with Crippen molar-refractivity contribution >= 4 is 39.1 Å². The quantitative estimate of drug-likeness (QED) is 0.178. The van der Waals surface area contributed by atoms with Crippen molar-refractivity contribution in [1.82, 2.24) is 10.2 Å². The molecule has 9 heteroatoms. The maximum Gasteiger partial charge on any atom is 0.264 e. The molecule has 0 heterocycles. The SMILES string of the molecule is Cc1cccc(N(CC(=O)N(Cc2ccccc2Cl)[C@H](Cc2ccccc2)C(=O)NCC(C)C)S(=O)(=O)c2ccccc2)c1C. The van der Waals surface area contributed by atoms with E-state index in [1.54, 1.807) is 48.5 Å². The highest BCUT2D eigenvalue weighted by Crippen LogP contribution is 2.29. The predicted molar refractivity (Wildman–Crippen MR) is 181 cm³/mol. The van der Waals surface area contributed by atoms with Crippen LogP contribution in [0.5, 0.6) is 0 Å². The van der Waals surface area contributed by atoms with Gasteiger partial charge >= 0.3 is 0 Å². The van der Waals surface area contributed by atoms with E-state index >= 15 is 0 Å². The number of benzene rings is 4. The Hall–Kier alpha value is -4.14. The molecule has 1 N–H and O–H groups in total. The average Bonchev–Trinajstić information content (AvgIpc) is 3.03. The average molecular weight is 646 g/mol. The van der Waals surface area contributed by atoms with E-state index in [1.165, 1.54) is 17.0 Å². The molecule has 45 heavy (non-hydrogen) atoms. The van der Waals surface area contributed by atoms with Gasteiger partial charge in [0.15, 0.2) is 0 Å². The van der Waals surface area contributed by atoms with Crippen LogP contribution in [0.4, 0.5) is 5.69 Å². The molecule has 4 rings (SSSR count). The lowest BCUT2D eigenvalue weighted by molar-refractivity contribution is -0.140. The van der Waals surface area contributed by atoms with E-state index in [0.29, 0.717) is 22.8 Å². The van der Waals surface area contributed by atoms with Gasteiger partial charge in [-0.1, -0.05) is 104 Å². The van der Waals surface area contributed by atoms with Gasteiger partial charge in [-0.25, -0.2) is 8.42 Å². The lowest BCUT2D eigenvalue weighted by Gasteiger charge is -2.34. The Morgan fingerprint density at radius 1 is 0.822 bits per heavy atom. The van der Waals surface area contributed by atoms with E-state index in [-0.39, 0.29) is 29.7 Å². The van der Waals surface area contributed by atoms with Crippen molar-refractivity contribution in [1.29, 1.82) is 0 Å². The molecule has 0 spiro atoms. The molecule has 0 radical (unpaired) electrons. The minimum absolute atomic E-state index is 0.0110. The van der Waals surface area contributed by atoms with Crippen LogP contribution in [0.1, 0.15) is 36.1 Å². The molecular weight excluding hydrogens is 606 g/mol. The number of nitrogens with one attached hydrogen (secondary N) is 1. The van der Waals surface area contributed by atoms with E-state index in [4.69, 9.17) is 11.6 Å². The highest BCUT2D eigenvalue weighted by atomic mass is 35.5. The first-order chi connectivity index (χ1) is 21.5. The van der Waals surface area contributed by atoms with Crippen molar-refractivity contribution in [3.05, 3.63) is 130 Å². The molecule has 0 unspecified atom stereocenters. The summed E-state index contributed by atoms with van der Waals surface area (Å²) in [7, 11) is -4.17. The summed E-state index contributed by atoms with van der Waals surface area (Å²) in [4.78, 5) is 30.0. The first-order valence-electron chi connectivity index (χ1n) is 15.0. The maximum absolute atomic E-state index is 14.6. The third kappa shape index (κ3) is 8.53. The fourth-order valence-electron chi connectivity index (χ4n) is 5.03. The smallest absolute Gasteiger partial charge is 0.264 e. The molecule has 0 fully saturated rings. The number of hydrogen-bond donors (Lipinski definition) is 1. The first-order valence-corrected chi connectivity index (χ1v) is 16.8. The van der Waals surface area contributed by atoms with Gasteiger partial charge in [0.1, 0.15) is 12.6 Å². The summed E-state index contributed by atoms with van der Waals surface area (Å²) in [5.74, 6) is -0.664. The van der Waals surface area contributed by atoms with Crippen LogP contribution in [0.15, 0.2) is 108 Å². The second kappa shape index (κ2) is 15.2. The van der Waals surface area contributed by atoms with Crippen molar-refractivity contribution in [3.63, 3.8) is 0 Å². The van der Waals surface area contributed by atoms with Crippen LogP contribution < -0.4 is 9.62 Å². The van der Waals surface area contributed by atoms with Crippen molar-refractivity contribution in [2.24, 2.45) is 5.92 Å². The van der Waals surface area contributed by atoms with Crippen LogP contribution in [-0.2, 0) is 32.6 Å². The number of anilines is 1. The molecule has 0 saturated carbocycles. The number of carbonyl (C=O) groups excluding carboxylic acids is 2. The Morgan fingerprint density at radius 2 is 1.44 bits per heavy atom. The number of amides is 2. The Bertz CT molecular complexity index is 1710. The lowest BCUT2D eigenvalue weighted by Crippen LogP contribution is -2.53. The van der Waals surface area contributed by atoms with Crippen LogP contribution in [0, 0.1) is 19.8 Å². The Kier molecular flexibility index (Phi) is 11.4. The lowest BCUT2D eigenvalue weighted by atomic mass is 10.0. The molecule has 0 aliphatic heterocycles. The van der Waals surface area contributed by atoms with E-state index in [2.05, 4.69) is 5.32 Å². The zero-order valence-electron chi connectivity index (χ0n) is 26.1. The second-order valence-electron chi connectivity index (χ2n) is 11.5. The standard InChI is InChI=1S/C36H40ClN3O4S/c1-26(2)23-38-36(42)34(22-29-15-7-5-8-16-29)39(24-30-17-11-12-20-32(30)37)35(41)25-40(33-21-13-14-27(3)28(33)4)45(43,44)31-18-9-6-10-19-31/h5-21,26,34H,22-25H2,1-4H3,(H,38,42)/t34-/m1/s1. The zero-order chi connectivity index (χ0) is 32.6. The summed E-state index contributed by atoms with van der Waals surface area (Å²) in [5, 5.41) is 3.44. The fraction of sp³-hybridized carbons (Fsp3) is 0.278. The molecule has 0 saturated heterocycles. The number of rotatable bonds is 13. The van der Waals surface area contributed by atoms with Crippen LogP contribution in [0.2, 0.25) is 5.02 Å². The Balaban J connectivity index is 1.83. The summed E-state index contributed by atoms with van der Waals surface area (Å²) in [6.07, 6.45) is 0.232. The monoisotopic (exact) mass is 645 g/mol. The van der Waals surface area contributed by atoms with Gasteiger partial charge in [0.05, 0.1) is 10.6 Å². The zero-order valence-corrected chi connectivity index (χ0v) is 27.7. The fourth-order valence-corrected chi connectivity index (χ4v) is 6.71. The number of aryl methyl sites for hydroxylation is 1. The summed E-state index contributed by atoms with van der Waals surface area (Å²) in [6, 6.07) is 29.1. The minimum Gasteiger partial charge on any atom is -0.354 e. The van der Waals surface area contributed by atoms with Gasteiger partial charge in [-0.05, 0) is 66.3 Å². The van der Waals surface area contributed by atoms with E-state index < -0.39 is 28.5 Å². The van der Waals surface area contributed by atoms with Gasteiger partial charge in [-0.3, -0.25) is 13.9 Å². The van der Waals surface area contributed by atoms with Gasteiger partial charge in [0.25, 0.3) is 10.0 Å². The number of halogens is 1. The number of carbonyl (C=O) groups is 2. The minimum atomic E-state index is -4.17. The van der Waals surface area contributed by atoms with Crippen LogP contribution in [-0.4, -0.2) is 44.3 Å². The molecule has 7 nitrogen and oxygen atoms in total. The second-order valence-corrected chi connectivity index (χ2v) is 13.8. The third-order valence-electron chi connectivity index (χ3n) is 7.71. The van der Waals surface area contributed by atoms with Crippen molar-refractivity contribution < 1.29 is 18.0 Å². The van der Waals surface area contributed by atoms with E-state index in [9.17, 15) is 18.0 Å². The molecule has 0 aromatic heterocycles. The summed E-state index contributed by atoms with van der Waals surface area (Å²) >= 11 is 6.57.